The van der Waals surface area contributed by atoms with Gasteiger partial charge in [0.15, 0.2) is 0 Å². The highest BCUT2D eigenvalue weighted by Crippen LogP contribution is 2.33. The van der Waals surface area contributed by atoms with Crippen molar-refractivity contribution in [2.75, 3.05) is 6.54 Å². The lowest BCUT2D eigenvalue weighted by Gasteiger charge is -2.14. The smallest absolute Gasteiger partial charge is 0.267 e. The average molecular weight is 418 g/mol. The Morgan fingerprint density at radius 1 is 1.13 bits per heavy atom. The van der Waals surface area contributed by atoms with Gasteiger partial charge >= 0.3 is 0 Å². The number of aryl methyl sites for hydroxylation is 1. The summed E-state index contributed by atoms with van der Waals surface area (Å²) in [6.45, 7) is -0.128. The first-order valence-corrected chi connectivity index (χ1v) is 10.4. The van der Waals surface area contributed by atoms with Crippen molar-refractivity contribution in [3.63, 3.8) is 0 Å². The van der Waals surface area contributed by atoms with Crippen molar-refractivity contribution in [2.45, 2.75) is 31.7 Å². The maximum atomic E-state index is 12.2. The van der Waals surface area contributed by atoms with Gasteiger partial charge in [-0.3, -0.25) is 14.8 Å². The van der Waals surface area contributed by atoms with Crippen molar-refractivity contribution in [1.29, 1.82) is 0 Å². The first-order chi connectivity index (χ1) is 15.1. The summed E-state index contributed by atoms with van der Waals surface area (Å²) in [5, 5.41) is 11.1. The third kappa shape index (κ3) is 7.10. The largest absolute Gasteiger partial charge is 0.339 e. The Hall–Kier alpha value is -3.40. The molecule has 0 unspecified atom stereocenters. The van der Waals surface area contributed by atoms with Crippen molar-refractivity contribution >= 4 is 17.9 Å². The lowest BCUT2D eigenvalue weighted by molar-refractivity contribution is -0.130. The molecule has 1 atom stereocenters. The van der Waals surface area contributed by atoms with E-state index in [4.69, 9.17) is 10.9 Å². The fourth-order valence-electron chi connectivity index (χ4n) is 3.09. The van der Waals surface area contributed by atoms with Gasteiger partial charge in [0.2, 0.25) is 0 Å². The second-order valence-corrected chi connectivity index (χ2v) is 7.64. The van der Waals surface area contributed by atoms with Gasteiger partial charge in [0, 0.05) is 17.7 Å². The van der Waals surface area contributed by atoms with Crippen LogP contribution in [-0.2, 0) is 11.2 Å². The van der Waals surface area contributed by atoms with Crippen molar-refractivity contribution in [1.82, 2.24) is 10.8 Å². The molecule has 1 fully saturated rings. The molecule has 0 heterocycles. The van der Waals surface area contributed by atoms with E-state index in [0.717, 1.165) is 23.5 Å². The number of carbonyl (C=O) groups is 2. The van der Waals surface area contributed by atoms with Crippen LogP contribution < -0.4 is 16.5 Å². The third-order valence-corrected chi connectivity index (χ3v) is 5.21. The van der Waals surface area contributed by atoms with Crippen molar-refractivity contribution in [3.05, 3.63) is 76.9 Å². The molecule has 1 aliphatic rings. The Kier molecular flexibility index (Phi) is 7.99. The molecular weight excluding hydrogens is 390 g/mol. The summed E-state index contributed by atoms with van der Waals surface area (Å²) in [7, 11) is 0. The molecule has 1 aliphatic carbocycles. The average Bonchev–Trinajstić information content (AvgIpc) is 3.64. The molecule has 6 nitrogen and oxygen atoms in total. The van der Waals surface area contributed by atoms with Gasteiger partial charge in [-0.15, -0.1) is 0 Å². The molecule has 0 saturated heterocycles. The minimum absolute atomic E-state index is 0.128. The maximum Gasteiger partial charge on any atom is 0.267 e. The summed E-state index contributed by atoms with van der Waals surface area (Å²) in [5.41, 5.74) is 10.5. The second kappa shape index (κ2) is 11.1. The van der Waals surface area contributed by atoms with E-state index in [9.17, 15) is 9.59 Å². The Labute approximate surface area is 182 Å². The van der Waals surface area contributed by atoms with Crippen molar-refractivity contribution in [2.24, 2.45) is 11.7 Å². The van der Waals surface area contributed by atoms with E-state index >= 15 is 0 Å². The summed E-state index contributed by atoms with van der Waals surface area (Å²) in [6.07, 6.45) is 9.02. The summed E-state index contributed by atoms with van der Waals surface area (Å²) in [4.78, 5) is 23.6. The van der Waals surface area contributed by atoms with Gasteiger partial charge in [0.25, 0.3) is 11.8 Å². The fourth-order valence-corrected chi connectivity index (χ4v) is 3.09. The van der Waals surface area contributed by atoms with E-state index < -0.39 is 17.9 Å². The minimum Gasteiger partial charge on any atom is -0.339 e. The van der Waals surface area contributed by atoms with Crippen LogP contribution in [0.25, 0.3) is 6.08 Å². The Morgan fingerprint density at radius 3 is 2.45 bits per heavy atom. The highest BCUT2D eigenvalue weighted by molar-refractivity contribution is 5.97. The van der Waals surface area contributed by atoms with Crippen molar-refractivity contribution in [3.8, 4) is 11.8 Å². The predicted octanol–water partition coefficient (Wildman–Crippen LogP) is 2.66. The number of rotatable bonds is 8. The number of nitrogens with two attached hydrogens (primary N) is 1. The summed E-state index contributed by atoms with van der Waals surface area (Å²) in [6, 6.07) is 14.3. The topological polar surface area (TPSA) is 104 Å². The maximum absolute atomic E-state index is 12.2. The summed E-state index contributed by atoms with van der Waals surface area (Å²) >= 11 is 0. The molecule has 1 saturated carbocycles. The van der Waals surface area contributed by atoms with Crippen LogP contribution >= 0.6 is 0 Å². The molecule has 160 valence electrons. The first-order valence-electron chi connectivity index (χ1n) is 10.4. The number of benzene rings is 2. The fraction of sp³-hybridized carbons (Fsp3) is 0.280. The molecule has 2 amide bonds. The van der Waals surface area contributed by atoms with Gasteiger partial charge in [-0.25, -0.2) is 5.48 Å². The van der Waals surface area contributed by atoms with E-state index in [1.165, 1.54) is 30.3 Å². The molecule has 3 rings (SSSR count). The number of hydrogen-bond donors (Lipinski definition) is 4. The molecule has 0 aromatic heterocycles. The van der Waals surface area contributed by atoms with Gasteiger partial charge in [-0.1, -0.05) is 48.9 Å². The number of nitrogens with one attached hydrogen (secondary N) is 2. The molecule has 2 aromatic carbocycles. The normalized spacial score (nSPS) is 13.9. The van der Waals surface area contributed by atoms with E-state index in [2.05, 4.69) is 41.4 Å². The predicted molar refractivity (Wildman–Crippen MR) is 120 cm³/mol. The monoisotopic (exact) mass is 417 g/mol. The molecule has 6 heteroatoms. The Bertz CT molecular complexity index is 981. The SMILES string of the molecule is NC[C@H](NC(=O)c1ccc(C#C/C=C/c2ccc(CCC3CC3)cc2)cc1)C(=O)NO. The van der Waals surface area contributed by atoms with Crippen LogP contribution in [0.2, 0.25) is 0 Å². The van der Waals surface area contributed by atoms with Gasteiger partial charge in [0.1, 0.15) is 6.04 Å². The van der Waals surface area contributed by atoms with Crippen molar-refractivity contribution < 1.29 is 14.8 Å². The number of hydroxylamine groups is 1. The molecule has 0 radical (unpaired) electrons. The zero-order valence-corrected chi connectivity index (χ0v) is 17.3. The van der Waals surface area contributed by atoms with Gasteiger partial charge in [-0.2, -0.15) is 0 Å². The molecular formula is C25H27N3O3. The molecule has 0 aliphatic heterocycles. The van der Waals surface area contributed by atoms with Crippen LogP contribution in [0.3, 0.4) is 0 Å². The number of allylic oxidation sites excluding steroid dienone is 1. The van der Waals surface area contributed by atoms with Gasteiger partial charge in [-0.05, 0) is 66.3 Å². The zero-order valence-electron chi connectivity index (χ0n) is 17.3. The van der Waals surface area contributed by atoms with Gasteiger partial charge < -0.3 is 11.1 Å². The van der Waals surface area contributed by atoms with Crippen LogP contribution in [0.4, 0.5) is 0 Å². The quantitative estimate of drug-likeness (QED) is 0.301. The van der Waals surface area contributed by atoms with Crippen LogP contribution in [-0.4, -0.2) is 29.6 Å². The highest BCUT2D eigenvalue weighted by atomic mass is 16.5. The molecule has 5 N–H and O–H groups in total. The zero-order chi connectivity index (χ0) is 22.1. The second-order valence-electron chi connectivity index (χ2n) is 7.64. The third-order valence-electron chi connectivity index (χ3n) is 5.21. The number of hydrogen-bond acceptors (Lipinski definition) is 4. The lowest BCUT2D eigenvalue weighted by atomic mass is 10.1. The van der Waals surface area contributed by atoms with E-state index in [1.807, 2.05) is 6.08 Å². The Balaban J connectivity index is 1.51. The molecule has 0 spiro atoms. The molecule has 2 aromatic rings. The van der Waals surface area contributed by atoms with Crippen LogP contribution in [0.15, 0.2) is 54.6 Å². The van der Waals surface area contributed by atoms with Crippen LogP contribution in [0, 0.1) is 17.8 Å². The standard InChI is InChI=1S/C25H27N3O3/c26-17-23(25(30)28-31)27-24(29)22-15-13-19(14-16-22)4-2-1-3-18-5-7-20(8-6-18)9-10-21-11-12-21/h1,3,5-8,13-16,21,23,31H,9-12,17,26H2,(H,27,29)(H,28,30)/b3-1+/t23-/m0/s1. The van der Waals surface area contributed by atoms with Crippen LogP contribution in [0.5, 0.6) is 0 Å². The minimum atomic E-state index is -1.01. The summed E-state index contributed by atoms with van der Waals surface area (Å²) < 4.78 is 0. The number of amides is 2. The van der Waals surface area contributed by atoms with E-state index in [1.54, 1.807) is 30.3 Å². The van der Waals surface area contributed by atoms with E-state index in [0.29, 0.717) is 5.56 Å². The van der Waals surface area contributed by atoms with Crippen LogP contribution in [0.1, 0.15) is 46.3 Å². The number of carbonyl (C=O) groups excluding carboxylic acids is 2. The first kappa shape index (κ1) is 22.3. The Morgan fingerprint density at radius 2 is 1.84 bits per heavy atom. The highest BCUT2D eigenvalue weighted by Gasteiger charge is 2.20. The van der Waals surface area contributed by atoms with Gasteiger partial charge in [0.05, 0.1) is 0 Å². The molecule has 31 heavy (non-hydrogen) atoms. The molecule has 0 bridgehead atoms. The summed E-state index contributed by atoms with van der Waals surface area (Å²) in [5.74, 6) is 5.75. The lowest BCUT2D eigenvalue weighted by Crippen LogP contribution is -2.50. The van der Waals surface area contributed by atoms with E-state index in [-0.39, 0.29) is 6.54 Å².